The Labute approximate surface area is 174 Å². The van der Waals surface area contributed by atoms with Crippen LogP contribution in [-0.2, 0) is 11.3 Å². The summed E-state index contributed by atoms with van der Waals surface area (Å²) in [6.07, 6.45) is 2.03. The van der Waals surface area contributed by atoms with Crippen molar-refractivity contribution in [2.75, 3.05) is 38.2 Å². The van der Waals surface area contributed by atoms with Gasteiger partial charge >= 0.3 is 0 Å². The zero-order chi connectivity index (χ0) is 20.5. The molecule has 1 saturated heterocycles. The molecule has 2 aliphatic rings. The van der Waals surface area contributed by atoms with Crippen molar-refractivity contribution in [1.29, 1.82) is 0 Å². The molecule has 8 nitrogen and oxygen atoms in total. The second kappa shape index (κ2) is 8.06. The summed E-state index contributed by atoms with van der Waals surface area (Å²) in [5.74, 6) is 0.733. The molecule has 3 aromatic rings. The average molecular weight is 407 g/mol. The number of nitrogens with zero attached hydrogens (tertiary/aromatic N) is 3. The summed E-state index contributed by atoms with van der Waals surface area (Å²) in [7, 11) is 0. The summed E-state index contributed by atoms with van der Waals surface area (Å²) < 4.78 is 12.6. The first kappa shape index (κ1) is 19.0. The summed E-state index contributed by atoms with van der Waals surface area (Å²) in [5, 5.41) is 3.71. The number of aryl methyl sites for hydroxylation is 1. The molecule has 0 amide bonds. The first-order valence-corrected chi connectivity index (χ1v) is 10.3. The molecule has 1 unspecified atom stereocenters. The number of nitrogens with one attached hydrogen (secondary N) is 1. The van der Waals surface area contributed by atoms with Crippen LogP contribution in [0.15, 0.2) is 47.5 Å². The highest BCUT2D eigenvalue weighted by Gasteiger charge is 2.18. The number of nitrogens with two attached hydrogens (primary N) is 1. The van der Waals surface area contributed by atoms with Gasteiger partial charge in [-0.3, -0.25) is 20.0 Å². The van der Waals surface area contributed by atoms with Gasteiger partial charge in [-0.2, -0.15) is 0 Å². The van der Waals surface area contributed by atoms with E-state index in [0.29, 0.717) is 17.4 Å². The third-order valence-corrected chi connectivity index (χ3v) is 5.67. The number of morpholine rings is 1. The van der Waals surface area contributed by atoms with Gasteiger partial charge in [0.2, 0.25) is 6.35 Å². The van der Waals surface area contributed by atoms with Crippen LogP contribution in [0.3, 0.4) is 0 Å². The molecule has 30 heavy (non-hydrogen) atoms. The number of hydrogen-bond donors (Lipinski definition) is 2. The van der Waals surface area contributed by atoms with Gasteiger partial charge in [0.25, 0.3) is 5.56 Å². The molecule has 5 rings (SSSR count). The summed E-state index contributed by atoms with van der Waals surface area (Å²) in [6.45, 7) is 5.11. The lowest BCUT2D eigenvalue weighted by Gasteiger charge is -2.26. The molecule has 1 atom stereocenters. The Morgan fingerprint density at radius 1 is 1.10 bits per heavy atom. The Morgan fingerprint density at radius 3 is 2.77 bits per heavy atom. The highest BCUT2D eigenvalue weighted by atomic mass is 16.5. The second-order valence-electron chi connectivity index (χ2n) is 7.68. The molecular formula is C22H25N5O3. The minimum absolute atomic E-state index is 0.00605. The molecule has 0 spiro atoms. The zero-order valence-corrected chi connectivity index (χ0v) is 16.7. The van der Waals surface area contributed by atoms with E-state index < -0.39 is 6.35 Å². The smallest absolute Gasteiger partial charge is 0.261 e. The zero-order valence-electron chi connectivity index (χ0n) is 16.7. The van der Waals surface area contributed by atoms with Crippen molar-refractivity contribution in [1.82, 2.24) is 14.5 Å². The van der Waals surface area contributed by atoms with Crippen molar-refractivity contribution >= 4 is 16.6 Å². The molecule has 0 bridgehead atoms. The number of anilines is 1. The van der Waals surface area contributed by atoms with Gasteiger partial charge in [0.15, 0.2) is 0 Å². The normalized spacial score (nSPS) is 18.8. The maximum atomic E-state index is 13.1. The van der Waals surface area contributed by atoms with Crippen LogP contribution in [0.5, 0.6) is 5.75 Å². The van der Waals surface area contributed by atoms with Crippen LogP contribution >= 0.6 is 0 Å². The van der Waals surface area contributed by atoms with E-state index in [9.17, 15) is 4.79 Å². The number of aromatic nitrogens is 2. The Hall–Kier alpha value is -2.94. The van der Waals surface area contributed by atoms with Gasteiger partial charge in [0, 0.05) is 26.2 Å². The van der Waals surface area contributed by atoms with Gasteiger partial charge in [0.1, 0.15) is 5.75 Å². The van der Waals surface area contributed by atoms with E-state index in [1.165, 1.54) is 0 Å². The van der Waals surface area contributed by atoms with Crippen LogP contribution < -0.4 is 21.3 Å². The maximum absolute atomic E-state index is 13.1. The third kappa shape index (κ3) is 3.77. The fourth-order valence-electron chi connectivity index (χ4n) is 4.03. The van der Waals surface area contributed by atoms with E-state index in [-0.39, 0.29) is 5.56 Å². The molecule has 1 aromatic heterocycles. The monoisotopic (exact) mass is 407 g/mol. The van der Waals surface area contributed by atoms with E-state index in [0.717, 1.165) is 61.8 Å². The number of benzene rings is 2. The lowest BCUT2D eigenvalue weighted by Crippen LogP contribution is -2.37. The van der Waals surface area contributed by atoms with Crippen molar-refractivity contribution in [3.05, 3.63) is 53.1 Å². The van der Waals surface area contributed by atoms with Crippen molar-refractivity contribution < 1.29 is 9.47 Å². The predicted molar refractivity (Wildman–Crippen MR) is 116 cm³/mol. The standard InChI is InChI=1S/C22H25N5O3/c23-22-25-19-13-16(3-5-20(19)30-22)15-2-4-18-17(12-15)21(28)27(14-24-18)7-1-6-26-8-10-29-11-9-26/h2-5,12-14,22,25H,1,6-11,23H2. The summed E-state index contributed by atoms with van der Waals surface area (Å²) in [6, 6.07) is 11.6. The van der Waals surface area contributed by atoms with E-state index in [2.05, 4.69) is 15.2 Å². The Kier molecular flexibility index (Phi) is 5.12. The van der Waals surface area contributed by atoms with Crippen LogP contribution in [0.4, 0.5) is 5.69 Å². The van der Waals surface area contributed by atoms with E-state index in [1.54, 1.807) is 10.9 Å². The first-order valence-electron chi connectivity index (χ1n) is 10.3. The van der Waals surface area contributed by atoms with Gasteiger partial charge < -0.3 is 14.8 Å². The molecule has 2 aromatic carbocycles. The van der Waals surface area contributed by atoms with Gasteiger partial charge in [-0.1, -0.05) is 12.1 Å². The molecule has 2 aliphatic heterocycles. The highest BCUT2D eigenvalue weighted by Crippen LogP contribution is 2.35. The van der Waals surface area contributed by atoms with Gasteiger partial charge in [-0.15, -0.1) is 0 Å². The number of ether oxygens (including phenoxy) is 2. The summed E-state index contributed by atoms with van der Waals surface area (Å²) in [5.41, 5.74) is 9.28. The van der Waals surface area contributed by atoms with Gasteiger partial charge in [0.05, 0.1) is 36.1 Å². The van der Waals surface area contributed by atoms with Crippen LogP contribution in [0, 0.1) is 0 Å². The second-order valence-corrected chi connectivity index (χ2v) is 7.68. The topological polar surface area (TPSA) is 94.6 Å². The first-order chi connectivity index (χ1) is 14.7. The minimum atomic E-state index is -0.527. The summed E-state index contributed by atoms with van der Waals surface area (Å²) in [4.78, 5) is 19.9. The lowest BCUT2D eigenvalue weighted by atomic mass is 10.0. The number of fused-ring (bicyclic) bond motifs is 2. The minimum Gasteiger partial charge on any atom is -0.456 e. The molecular weight excluding hydrogens is 382 g/mol. The fourth-order valence-corrected chi connectivity index (χ4v) is 4.03. The highest BCUT2D eigenvalue weighted by molar-refractivity contribution is 5.84. The predicted octanol–water partition coefficient (Wildman–Crippen LogP) is 1.83. The van der Waals surface area contributed by atoms with Crippen LogP contribution in [0.2, 0.25) is 0 Å². The van der Waals surface area contributed by atoms with E-state index >= 15 is 0 Å². The quantitative estimate of drug-likeness (QED) is 0.666. The van der Waals surface area contributed by atoms with Gasteiger partial charge in [-0.05, 0) is 41.8 Å². The third-order valence-electron chi connectivity index (χ3n) is 5.67. The van der Waals surface area contributed by atoms with Crippen LogP contribution in [0.25, 0.3) is 22.0 Å². The maximum Gasteiger partial charge on any atom is 0.261 e. The molecule has 156 valence electrons. The van der Waals surface area contributed by atoms with Crippen molar-refractivity contribution in [2.24, 2.45) is 5.73 Å². The number of rotatable bonds is 5. The fraction of sp³-hybridized carbons (Fsp3) is 0.364. The SMILES string of the molecule is NC1Nc2cc(-c3ccc4ncn(CCCN5CCOCC5)c(=O)c4c3)ccc2O1. The average Bonchev–Trinajstić information content (AvgIpc) is 3.15. The molecule has 3 heterocycles. The Bertz CT molecular complexity index is 1120. The summed E-state index contributed by atoms with van der Waals surface area (Å²) >= 11 is 0. The van der Waals surface area contributed by atoms with Gasteiger partial charge in [-0.25, -0.2) is 4.98 Å². The van der Waals surface area contributed by atoms with Crippen molar-refractivity contribution in [3.63, 3.8) is 0 Å². The van der Waals surface area contributed by atoms with Crippen LogP contribution in [0.1, 0.15) is 6.42 Å². The Balaban J connectivity index is 1.38. The Morgan fingerprint density at radius 2 is 1.90 bits per heavy atom. The molecule has 8 heteroatoms. The molecule has 0 aliphatic carbocycles. The van der Waals surface area contributed by atoms with E-state index in [1.807, 2.05) is 36.4 Å². The van der Waals surface area contributed by atoms with Crippen molar-refractivity contribution in [3.8, 4) is 16.9 Å². The largest absolute Gasteiger partial charge is 0.456 e. The number of hydrogen-bond acceptors (Lipinski definition) is 7. The van der Waals surface area contributed by atoms with E-state index in [4.69, 9.17) is 15.2 Å². The molecule has 1 fully saturated rings. The van der Waals surface area contributed by atoms with Crippen LogP contribution in [-0.4, -0.2) is 53.7 Å². The lowest BCUT2D eigenvalue weighted by molar-refractivity contribution is 0.0369. The molecule has 3 N–H and O–H groups in total. The molecule has 0 saturated carbocycles. The van der Waals surface area contributed by atoms with Crippen molar-refractivity contribution in [2.45, 2.75) is 19.3 Å². The molecule has 0 radical (unpaired) electrons.